The topological polar surface area (TPSA) is 35.3 Å². The number of hydrogen-bond donors (Lipinski definition) is 0. The van der Waals surface area contributed by atoms with Gasteiger partial charge in [-0.3, -0.25) is 0 Å². The fourth-order valence-electron chi connectivity index (χ4n) is 1.89. The lowest BCUT2D eigenvalue weighted by atomic mass is 10.3. The van der Waals surface area contributed by atoms with E-state index in [9.17, 15) is 0 Å². The molecule has 0 aliphatic carbocycles. The molecule has 0 radical (unpaired) electrons. The number of oxazole rings is 1. The molecule has 0 N–H and O–H groups in total. The molecule has 21 heavy (non-hydrogen) atoms. The van der Waals surface area contributed by atoms with Gasteiger partial charge in [0.1, 0.15) is 11.5 Å². The van der Waals surface area contributed by atoms with Crippen molar-refractivity contribution in [3.05, 3.63) is 53.2 Å². The normalized spacial score (nSPS) is 10.8. The van der Waals surface area contributed by atoms with Gasteiger partial charge in [-0.25, -0.2) is 4.98 Å². The quantitative estimate of drug-likeness (QED) is 0.619. The number of thiophene rings is 1. The molecular formula is C16H15NO2S2. The van der Waals surface area contributed by atoms with Crippen molar-refractivity contribution in [3.8, 4) is 16.5 Å². The number of nitrogens with zero attached hydrogens (tertiary/aromatic N) is 1. The predicted molar refractivity (Wildman–Crippen MR) is 87.1 cm³/mol. The van der Waals surface area contributed by atoms with Crippen molar-refractivity contribution in [2.45, 2.75) is 17.6 Å². The third-order valence-corrected chi connectivity index (χ3v) is 4.94. The van der Waals surface area contributed by atoms with Crippen molar-refractivity contribution < 1.29 is 9.15 Å². The van der Waals surface area contributed by atoms with E-state index in [0.29, 0.717) is 5.89 Å². The number of aryl methyl sites for hydroxylation is 1. The Kier molecular flexibility index (Phi) is 4.31. The van der Waals surface area contributed by atoms with Crippen LogP contribution in [0.2, 0.25) is 0 Å². The Bertz CT molecular complexity index is 702. The van der Waals surface area contributed by atoms with E-state index in [0.717, 1.165) is 27.8 Å². The number of ether oxygens (including phenoxy) is 1. The molecule has 0 aliphatic heterocycles. The highest BCUT2D eigenvalue weighted by atomic mass is 32.2. The molecule has 0 amide bonds. The van der Waals surface area contributed by atoms with Crippen LogP contribution in [0, 0.1) is 6.92 Å². The lowest BCUT2D eigenvalue weighted by Gasteiger charge is -2.02. The van der Waals surface area contributed by atoms with Gasteiger partial charge >= 0.3 is 0 Å². The van der Waals surface area contributed by atoms with Gasteiger partial charge < -0.3 is 9.15 Å². The van der Waals surface area contributed by atoms with Gasteiger partial charge in [-0.05, 0) is 42.6 Å². The molecule has 2 heterocycles. The van der Waals surface area contributed by atoms with Crippen LogP contribution >= 0.6 is 23.1 Å². The summed E-state index contributed by atoms with van der Waals surface area (Å²) < 4.78 is 10.9. The standard InChI is InChI=1S/C16H15NO2S2/c1-11-14(17-16(19-11)15-4-3-9-20-15)10-21-13-7-5-12(18-2)6-8-13/h3-9H,10H2,1-2H3. The van der Waals surface area contributed by atoms with Gasteiger partial charge in [-0.2, -0.15) is 0 Å². The average Bonchev–Trinajstić information content (AvgIpc) is 3.15. The van der Waals surface area contributed by atoms with Gasteiger partial charge in [0.05, 0.1) is 17.7 Å². The number of hydrogen-bond acceptors (Lipinski definition) is 5. The van der Waals surface area contributed by atoms with E-state index in [4.69, 9.17) is 9.15 Å². The first-order chi connectivity index (χ1) is 10.3. The molecular weight excluding hydrogens is 302 g/mol. The monoisotopic (exact) mass is 317 g/mol. The summed E-state index contributed by atoms with van der Waals surface area (Å²) in [4.78, 5) is 6.86. The van der Waals surface area contributed by atoms with Crippen LogP contribution in [0.15, 0.2) is 51.1 Å². The molecule has 5 heteroatoms. The maximum absolute atomic E-state index is 5.75. The molecule has 0 saturated carbocycles. The maximum Gasteiger partial charge on any atom is 0.236 e. The molecule has 3 aromatic rings. The zero-order chi connectivity index (χ0) is 14.7. The Labute approximate surface area is 132 Å². The summed E-state index contributed by atoms with van der Waals surface area (Å²) in [5.74, 6) is 3.27. The highest BCUT2D eigenvalue weighted by Gasteiger charge is 2.12. The zero-order valence-corrected chi connectivity index (χ0v) is 13.5. The van der Waals surface area contributed by atoms with Crippen molar-refractivity contribution in [2.24, 2.45) is 0 Å². The smallest absolute Gasteiger partial charge is 0.236 e. The summed E-state index contributed by atoms with van der Waals surface area (Å²) >= 11 is 3.38. The Hall–Kier alpha value is -1.72. The van der Waals surface area contributed by atoms with E-state index >= 15 is 0 Å². The zero-order valence-electron chi connectivity index (χ0n) is 11.8. The van der Waals surface area contributed by atoms with Crippen LogP contribution in [0.5, 0.6) is 5.75 Å². The number of methoxy groups -OCH3 is 1. The summed E-state index contributed by atoms with van der Waals surface area (Å²) in [6.45, 7) is 1.97. The van der Waals surface area contributed by atoms with Crippen LogP contribution < -0.4 is 4.74 Å². The second-order valence-corrected chi connectivity index (χ2v) is 6.46. The summed E-state index contributed by atoms with van der Waals surface area (Å²) in [7, 11) is 1.67. The molecule has 3 rings (SSSR count). The average molecular weight is 317 g/mol. The van der Waals surface area contributed by atoms with Crippen LogP contribution in [0.4, 0.5) is 0 Å². The summed E-state index contributed by atoms with van der Waals surface area (Å²) in [5, 5.41) is 2.03. The molecule has 108 valence electrons. The van der Waals surface area contributed by atoms with E-state index < -0.39 is 0 Å². The molecule has 0 spiro atoms. The second-order valence-electron chi connectivity index (χ2n) is 4.46. The van der Waals surface area contributed by atoms with Crippen LogP contribution in [0.3, 0.4) is 0 Å². The Morgan fingerprint density at radius 1 is 1.24 bits per heavy atom. The first kappa shape index (κ1) is 14.2. The molecule has 0 unspecified atom stereocenters. The summed E-state index contributed by atoms with van der Waals surface area (Å²) in [6.07, 6.45) is 0. The van der Waals surface area contributed by atoms with Crippen molar-refractivity contribution in [3.63, 3.8) is 0 Å². The highest BCUT2D eigenvalue weighted by Crippen LogP contribution is 2.30. The van der Waals surface area contributed by atoms with E-state index in [2.05, 4.69) is 17.1 Å². The van der Waals surface area contributed by atoms with E-state index in [1.165, 1.54) is 4.90 Å². The van der Waals surface area contributed by atoms with E-state index in [-0.39, 0.29) is 0 Å². The van der Waals surface area contributed by atoms with Crippen LogP contribution in [0.25, 0.3) is 10.8 Å². The lowest BCUT2D eigenvalue weighted by Crippen LogP contribution is -1.85. The maximum atomic E-state index is 5.75. The first-order valence-corrected chi connectivity index (χ1v) is 8.40. The molecule has 1 aromatic carbocycles. The summed E-state index contributed by atoms with van der Waals surface area (Å²) in [6, 6.07) is 12.1. The van der Waals surface area contributed by atoms with Crippen LogP contribution in [-0.4, -0.2) is 12.1 Å². The van der Waals surface area contributed by atoms with Gasteiger partial charge in [0.15, 0.2) is 0 Å². The molecule has 0 fully saturated rings. The van der Waals surface area contributed by atoms with Crippen molar-refractivity contribution in [1.29, 1.82) is 0 Å². The van der Waals surface area contributed by atoms with E-state index in [1.54, 1.807) is 30.2 Å². The summed E-state index contributed by atoms with van der Waals surface area (Å²) in [5.41, 5.74) is 0.999. The minimum atomic E-state index is 0.716. The fraction of sp³-hybridized carbons (Fsp3) is 0.188. The van der Waals surface area contributed by atoms with Crippen molar-refractivity contribution in [1.82, 2.24) is 4.98 Å². The van der Waals surface area contributed by atoms with Gasteiger partial charge in [0.2, 0.25) is 5.89 Å². The Balaban J connectivity index is 1.70. The Morgan fingerprint density at radius 2 is 2.05 bits per heavy atom. The highest BCUT2D eigenvalue weighted by molar-refractivity contribution is 7.98. The number of thioether (sulfide) groups is 1. The van der Waals surface area contributed by atoms with Crippen molar-refractivity contribution >= 4 is 23.1 Å². The first-order valence-electron chi connectivity index (χ1n) is 6.53. The molecule has 2 aromatic heterocycles. The molecule has 0 atom stereocenters. The molecule has 0 aliphatic rings. The van der Waals surface area contributed by atoms with Gasteiger partial charge in [-0.15, -0.1) is 23.1 Å². The van der Waals surface area contributed by atoms with Crippen molar-refractivity contribution in [2.75, 3.05) is 7.11 Å². The minimum Gasteiger partial charge on any atom is -0.497 e. The number of aromatic nitrogens is 1. The second kappa shape index (κ2) is 6.37. The lowest BCUT2D eigenvalue weighted by molar-refractivity contribution is 0.414. The third kappa shape index (κ3) is 3.31. The SMILES string of the molecule is COc1ccc(SCc2nc(-c3cccs3)oc2C)cc1. The molecule has 3 nitrogen and oxygen atoms in total. The Morgan fingerprint density at radius 3 is 2.71 bits per heavy atom. The molecule has 0 bridgehead atoms. The third-order valence-electron chi connectivity index (χ3n) is 3.06. The number of benzene rings is 1. The molecule has 0 saturated heterocycles. The number of rotatable bonds is 5. The van der Waals surface area contributed by atoms with Crippen LogP contribution in [-0.2, 0) is 5.75 Å². The minimum absolute atomic E-state index is 0.716. The van der Waals surface area contributed by atoms with Gasteiger partial charge in [0.25, 0.3) is 0 Å². The van der Waals surface area contributed by atoms with E-state index in [1.807, 2.05) is 36.6 Å². The van der Waals surface area contributed by atoms with Crippen LogP contribution in [0.1, 0.15) is 11.5 Å². The van der Waals surface area contributed by atoms with Gasteiger partial charge in [-0.1, -0.05) is 6.07 Å². The van der Waals surface area contributed by atoms with Gasteiger partial charge in [0, 0.05) is 10.6 Å². The largest absolute Gasteiger partial charge is 0.497 e. The fourth-order valence-corrected chi connectivity index (χ4v) is 3.44. The predicted octanol–water partition coefficient (Wildman–Crippen LogP) is 5.01.